The Morgan fingerprint density at radius 1 is 1.12 bits per heavy atom. The summed E-state index contributed by atoms with van der Waals surface area (Å²) < 4.78 is 27.3. The number of hydrogen-bond acceptors (Lipinski definition) is 6. The van der Waals surface area contributed by atoms with E-state index < -0.39 is 10.0 Å². The molecule has 3 aromatic rings. The minimum atomic E-state index is -3.60. The summed E-state index contributed by atoms with van der Waals surface area (Å²) in [5.74, 6) is -0.395. The average molecular weight is 499 g/mol. The molecule has 0 atom stereocenters. The highest BCUT2D eigenvalue weighted by Crippen LogP contribution is 2.31. The number of nitrogens with one attached hydrogen (secondary N) is 2. The monoisotopic (exact) mass is 498 g/mol. The van der Waals surface area contributed by atoms with E-state index in [2.05, 4.69) is 15.6 Å². The van der Waals surface area contributed by atoms with Gasteiger partial charge >= 0.3 is 0 Å². The van der Waals surface area contributed by atoms with Crippen molar-refractivity contribution in [3.8, 4) is 11.3 Å². The zero-order valence-corrected chi connectivity index (χ0v) is 20.6. The number of amides is 2. The van der Waals surface area contributed by atoms with Crippen molar-refractivity contribution < 1.29 is 18.0 Å². The fourth-order valence-electron chi connectivity index (χ4n) is 3.80. The van der Waals surface area contributed by atoms with Crippen LogP contribution in [0, 0.1) is 0 Å². The summed E-state index contributed by atoms with van der Waals surface area (Å²) in [6, 6.07) is 11.6. The number of carbonyl (C=O) groups is 2. The molecule has 0 spiro atoms. The van der Waals surface area contributed by atoms with Gasteiger partial charge in [-0.05, 0) is 54.8 Å². The maximum absolute atomic E-state index is 12.9. The van der Waals surface area contributed by atoms with Gasteiger partial charge in [0.2, 0.25) is 15.9 Å². The molecule has 8 nitrogen and oxygen atoms in total. The van der Waals surface area contributed by atoms with Crippen molar-refractivity contribution in [1.82, 2.24) is 9.29 Å². The van der Waals surface area contributed by atoms with E-state index in [0.717, 1.165) is 29.7 Å². The SMILES string of the molecule is CCCN(CCC)S(=O)(=O)c1ccc(C(=O)Nc2nc(-c3ccc4c(c3)CC(=O)N4)cs2)cc1. The molecule has 0 saturated carbocycles. The lowest BCUT2D eigenvalue weighted by Gasteiger charge is -2.21. The Kier molecular flexibility index (Phi) is 7.11. The minimum Gasteiger partial charge on any atom is -0.326 e. The highest BCUT2D eigenvalue weighted by Gasteiger charge is 2.23. The largest absolute Gasteiger partial charge is 0.326 e. The van der Waals surface area contributed by atoms with Crippen molar-refractivity contribution in [2.75, 3.05) is 23.7 Å². The number of thiazole rings is 1. The molecule has 0 bridgehead atoms. The molecule has 4 rings (SSSR count). The maximum Gasteiger partial charge on any atom is 0.257 e. The van der Waals surface area contributed by atoms with Crippen LogP contribution in [0.2, 0.25) is 0 Å². The fourth-order valence-corrected chi connectivity index (χ4v) is 6.14. The second kappa shape index (κ2) is 10.0. The summed E-state index contributed by atoms with van der Waals surface area (Å²) >= 11 is 1.30. The van der Waals surface area contributed by atoms with Gasteiger partial charge < -0.3 is 5.32 Å². The Morgan fingerprint density at radius 2 is 1.82 bits per heavy atom. The third kappa shape index (κ3) is 5.03. The Morgan fingerprint density at radius 3 is 2.50 bits per heavy atom. The van der Waals surface area contributed by atoms with Crippen molar-refractivity contribution in [2.24, 2.45) is 0 Å². The molecule has 10 heteroatoms. The Hall–Kier alpha value is -3.08. The quantitative estimate of drug-likeness (QED) is 0.455. The molecular weight excluding hydrogens is 472 g/mol. The number of sulfonamides is 1. The summed E-state index contributed by atoms with van der Waals surface area (Å²) in [6.07, 6.45) is 1.81. The molecule has 178 valence electrons. The van der Waals surface area contributed by atoms with E-state index in [9.17, 15) is 18.0 Å². The number of carbonyl (C=O) groups excluding carboxylic acids is 2. The Balaban J connectivity index is 1.45. The first kappa shape index (κ1) is 24.1. The zero-order valence-electron chi connectivity index (χ0n) is 19.0. The molecule has 2 heterocycles. The zero-order chi connectivity index (χ0) is 24.3. The van der Waals surface area contributed by atoms with Gasteiger partial charge in [-0.15, -0.1) is 11.3 Å². The van der Waals surface area contributed by atoms with Crippen LogP contribution in [0.1, 0.15) is 42.6 Å². The maximum atomic E-state index is 12.9. The van der Waals surface area contributed by atoms with E-state index in [1.54, 1.807) is 0 Å². The van der Waals surface area contributed by atoms with Crippen LogP contribution < -0.4 is 10.6 Å². The molecule has 2 N–H and O–H groups in total. The normalized spacial score (nSPS) is 13.1. The summed E-state index contributed by atoms with van der Waals surface area (Å²) in [7, 11) is -3.60. The Bertz CT molecular complexity index is 1310. The lowest BCUT2D eigenvalue weighted by atomic mass is 10.1. The van der Waals surface area contributed by atoms with Gasteiger partial charge in [-0.1, -0.05) is 19.9 Å². The number of anilines is 2. The van der Waals surface area contributed by atoms with E-state index in [1.165, 1.54) is 39.9 Å². The lowest BCUT2D eigenvalue weighted by Crippen LogP contribution is -2.32. The molecule has 34 heavy (non-hydrogen) atoms. The predicted molar refractivity (Wildman–Crippen MR) is 134 cm³/mol. The van der Waals surface area contributed by atoms with Gasteiger partial charge in [0.1, 0.15) is 0 Å². The molecular formula is C24H26N4O4S2. The van der Waals surface area contributed by atoms with Crippen molar-refractivity contribution >= 4 is 44.0 Å². The van der Waals surface area contributed by atoms with Crippen LogP contribution in [0.25, 0.3) is 11.3 Å². The van der Waals surface area contributed by atoms with E-state index in [0.29, 0.717) is 35.9 Å². The Labute approximate surface area is 203 Å². The van der Waals surface area contributed by atoms with Crippen LogP contribution in [0.5, 0.6) is 0 Å². The van der Waals surface area contributed by atoms with Crippen LogP contribution in [-0.4, -0.2) is 42.6 Å². The van der Waals surface area contributed by atoms with Gasteiger partial charge in [0.15, 0.2) is 5.13 Å². The molecule has 2 aromatic carbocycles. The number of aromatic nitrogens is 1. The molecule has 0 fully saturated rings. The van der Waals surface area contributed by atoms with Gasteiger partial charge in [-0.3, -0.25) is 14.9 Å². The second-order valence-corrected chi connectivity index (χ2v) is 10.8. The standard InChI is InChI=1S/C24H26N4O4S2/c1-3-11-28(12-4-2)34(31,32)19-8-5-16(6-9-19)23(30)27-24-26-21(15-33-24)17-7-10-20-18(13-17)14-22(29)25-20/h5-10,13,15H,3-4,11-12,14H2,1-2H3,(H,25,29)(H,26,27,30). The predicted octanol–water partition coefficient (Wildman–Crippen LogP) is 4.37. The minimum absolute atomic E-state index is 0.0272. The van der Waals surface area contributed by atoms with Crippen LogP contribution >= 0.6 is 11.3 Å². The molecule has 1 aliphatic heterocycles. The van der Waals surface area contributed by atoms with E-state index in [-0.39, 0.29) is 16.7 Å². The highest BCUT2D eigenvalue weighted by molar-refractivity contribution is 7.89. The van der Waals surface area contributed by atoms with Crippen molar-refractivity contribution in [3.05, 3.63) is 59.0 Å². The number of fused-ring (bicyclic) bond motifs is 1. The highest BCUT2D eigenvalue weighted by atomic mass is 32.2. The van der Waals surface area contributed by atoms with Crippen molar-refractivity contribution in [3.63, 3.8) is 0 Å². The van der Waals surface area contributed by atoms with Crippen molar-refractivity contribution in [2.45, 2.75) is 38.0 Å². The first-order chi connectivity index (χ1) is 16.3. The second-order valence-electron chi connectivity index (χ2n) is 8.02. The smallest absolute Gasteiger partial charge is 0.257 e. The van der Waals surface area contributed by atoms with E-state index in [4.69, 9.17) is 0 Å². The average Bonchev–Trinajstić information content (AvgIpc) is 3.44. The van der Waals surface area contributed by atoms with Gasteiger partial charge in [0, 0.05) is 35.3 Å². The lowest BCUT2D eigenvalue weighted by molar-refractivity contribution is -0.115. The molecule has 0 aliphatic carbocycles. The van der Waals surface area contributed by atoms with Gasteiger partial charge in [-0.25, -0.2) is 13.4 Å². The molecule has 1 aliphatic rings. The molecule has 1 aromatic heterocycles. The van der Waals surface area contributed by atoms with Crippen LogP contribution in [-0.2, 0) is 21.2 Å². The van der Waals surface area contributed by atoms with Crippen LogP contribution in [0.4, 0.5) is 10.8 Å². The number of rotatable bonds is 9. The summed E-state index contributed by atoms with van der Waals surface area (Å²) in [6.45, 7) is 4.81. The van der Waals surface area contributed by atoms with E-state index in [1.807, 2.05) is 37.4 Å². The summed E-state index contributed by atoms with van der Waals surface area (Å²) in [4.78, 5) is 28.9. The number of nitrogens with zero attached hydrogens (tertiary/aromatic N) is 2. The van der Waals surface area contributed by atoms with Gasteiger partial charge in [-0.2, -0.15) is 4.31 Å². The molecule has 0 unspecified atom stereocenters. The molecule has 0 saturated heterocycles. The summed E-state index contributed by atoms with van der Waals surface area (Å²) in [5, 5.41) is 7.85. The molecule has 2 amide bonds. The summed E-state index contributed by atoms with van der Waals surface area (Å²) in [5.41, 5.74) is 3.65. The van der Waals surface area contributed by atoms with E-state index >= 15 is 0 Å². The van der Waals surface area contributed by atoms with Crippen molar-refractivity contribution in [1.29, 1.82) is 0 Å². The first-order valence-electron chi connectivity index (χ1n) is 11.1. The van der Waals surface area contributed by atoms with Crippen LogP contribution in [0.15, 0.2) is 52.7 Å². The topological polar surface area (TPSA) is 108 Å². The van der Waals surface area contributed by atoms with Gasteiger partial charge in [0.25, 0.3) is 5.91 Å². The third-order valence-electron chi connectivity index (χ3n) is 5.45. The third-order valence-corrected chi connectivity index (χ3v) is 8.12. The van der Waals surface area contributed by atoms with Crippen LogP contribution in [0.3, 0.4) is 0 Å². The number of benzene rings is 2. The van der Waals surface area contributed by atoms with Gasteiger partial charge in [0.05, 0.1) is 17.0 Å². The number of hydrogen-bond donors (Lipinski definition) is 2. The molecule has 0 radical (unpaired) electrons. The first-order valence-corrected chi connectivity index (χ1v) is 13.4. The fraction of sp³-hybridized carbons (Fsp3) is 0.292.